The zero-order chi connectivity index (χ0) is 14.1. The summed E-state index contributed by atoms with van der Waals surface area (Å²) in [7, 11) is 0. The third-order valence-corrected chi connectivity index (χ3v) is 4.27. The van der Waals surface area contributed by atoms with E-state index in [0.29, 0.717) is 11.1 Å². The fraction of sp³-hybridized carbons (Fsp3) is 0. The van der Waals surface area contributed by atoms with Crippen LogP contribution in [0.5, 0.6) is 0 Å². The van der Waals surface area contributed by atoms with Gasteiger partial charge in [-0.2, -0.15) is 0 Å². The van der Waals surface area contributed by atoms with Crippen LogP contribution >= 0.6 is 31.9 Å². The molecular formula is C16H9Br2NO. The molecule has 0 spiro atoms. The van der Waals surface area contributed by atoms with E-state index in [2.05, 4.69) is 36.8 Å². The van der Waals surface area contributed by atoms with Crippen molar-refractivity contribution in [1.29, 1.82) is 0 Å². The molecule has 3 rings (SSSR count). The normalized spacial score (nSPS) is 10.7. The van der Waals surface area contributed by atoms with Crippen LogP contribution in [0.25, 0.3) is 10.8 Å². The molecule has 0 saturated carbocycles. The number of pyridine rings is 1. The van der Waals surface area contributed by atoms with Crippen molar-refractivity contribution in [1.82, 2.24) is 4.98 Å². The maximum absolute atomic E-state index is 12.7. The van der Waals surface area contributed by atoms with E-state index >= 15 is 0 Å². The van der Waals surface area contributed by atoms with Crippen molar-refractivity contribution in [3.8, 4) is 0 Å². The summed E-state index contributed by atoms with van der Waals surface area (Å²) in [6.45, 7) is 0. The standard InChI is InChI=1S/C16H9Br2NO/c17-11-5-6-15(18)13(7-11)16(20)14-9-19-8-10-3-1-2-4-12(10)14/h1-9H. The average molecular weight is 391 g/mol. The number of nitrogens with zero attached hydrogens (tertiary/aromatic N) is 1. The van der Waals surface area contributed by atoms with E-state index in [0.717, 1.165) is 19.7 Å². The molecule has 0 atom stereocenters. The van der Waals surface area contributed by atoms with Crippen LogP contribution < -0.4 is 0 Å². The first-order valence-electron chi connectivity index (χ1n) is 5.99. The molecule has 0 amide bonds. The second-order valence-electron chi connectivity index (χ2n) is 4.36. The van der Waals surface area contributed by atoms with Crippen molar-refractivity contribution in [3.63, 3.8) is 0 Å². The topological polar surface area (TPSA) is 30.0 Å². The van der Waals surface area contributed by atoms with Crippen molar-refractivity contribution in [3.05, 3.63) is 74.9 Å². The van der Waals surface area contributed by atoms with Crippen LogP contribution in [0.4, 0.5) is 0 Å². The van der Waals surface area contributed by atoms with Gasteiger partial charge >= 0.3 is 0 Å². The number of carbonyl (C=O) groups excluding carboxylic acids is 1. The van der Waals surface area contributed by atoms with Gasteiger partial charge in [0.05, 0.1) is 0 Å². The lowest BCUT2D eigenvalue weighted by Crippen LogP contribution is -2.04. The fourth-order valence-corrected chi connectivity index (χ4v) is 2.90. The van der Waals surface area contributed by atoms with Gasteiger partial charge in [-0.15, -0.1) is 0 Å². The number of hydrogen-bond acceptors (Lipinski definition) is 2. The van der Waals surface area contributed by atoms with Crippen LogP contribution in [0, 0.1) is 0 Å². The Bertz CT molecular complexity index is 809. The quantitative estimate of drug-likeness (QED) is 0.577. The van der Waals surface area contributed by atoms with Crippen molar-refractivity contribution < 1.29 is 4.79 Å². The van der Waals surface area contributed by atoms with Gasteiger partial charge in [-0.1, -0.05) is 56.1 Å². The number of ketones is 1. The Morgan fingerprint density at radius 3 is 2.60 bits per heavy atom. The molecule has 0 aliphatic heterocycles. The van der Waals surface area contributed by atoms with Gasteiger partial charge in [0.25, 0.3) is 0 Å². The SMILES string of the molecule is O=C(c1cc(Br)ccc1Br)c1cncc2ccccc12. The van der Waals surface area contributed by atoms with E-state index in [4.69, 9.17) is 0 Å². The molecule has 0 fully saturated rings. The molecule has 0 unspecified atom stereocenters. The Balaban J connectivity index is 2.20. The Morgan fingerprint density at radius 1 is 0.950 bits per heavy atom. The first-order valence-corrected chi connectivity index (χ1v) is 7.58. The number of halogens is 2. The van der Waals surface area contributed by atoms with Crippen molar-refractivity contribution in [2.75, 3.05) is 0 Å². The van der Waals surface area contributed by atoms with E-state index in [1.807, 2.05) is 42.5 Å². The van der Waals surface area contributed by atoms with Crippen molar-refractivity contribution in [2.45, 2.75) is 0 Å². The number of carbonyl (C=O) groups is 1. The third-order valence-electron chi connectivity index (χ3n) is 3.09. The minimum atomic E-state index is -0.0394. The summed E-state index contributed by atoms with van der Waals surface area (Å²) in [6, 6.07) is 13.3. The molecule has 2 nitrogen and oxygen atoms in total. The first-order chi connectivity index (χ1) is 9.66. The highest BCUT2D eigenvalue weighted by molar-refractivity contribution is 9.11. The molecule has 0 saturated heterocycles. The maximum Gasteiger partial charge on any atom is 0.196 e. The number of hydrogen-bond donors (Lipinski definition) is 0. The van der Waals surface area contributed by atoms with Crippen LogP contribution in [0.1, 0.15) is 15.9 Å². The van der Waals surface area contributed by atoms with Gasteiger partial charge in [0, 0.05) is 37.9 Å². The predicted octanol–water partition coefficient (Wildman–Crippen LogP) is 4.99. The molecular weight excluding hydrogens is 382 g/mol. The molecule has 20 heavy (non-hydrogen) atoms. The second kappa shape index (κ2) is 5.46. The largest absolute Gasteiger partial charge is 0.288 e. The molecule has 3 aromatic rings. The summed E-state index contributed by atoms with van der Waals surface area (Å²) in [5.74, 6) is -0.0394. The molecule has 0 bridgehead atoms. The first kappa shape index (κ1) is 13.5. The molecule has 0 radical (unpaired) electrons. The van der Waals surface area contributed by atoms with E-state index in [1.54, 1.807) is 12.4 Å². The van der Waals surface area contributed by atoms with Gasteiger partial charge in [-0.25, -0.2) is 0 Å². The summed E-state index contributed by atoms with van der Waals surface area (Å²) >= 11 is 6.83. The van der Waals surface area contributed by atoms with Crippen molar-refractivity contribution >= 4 is 48.4 Å². The summed E-state index contributed by atoms with van der Waals surface area (Å²) in [4.78, 5) is 16.9. The molecule has 0 aliphatic carbocycles. The van der Waals surface area contributed by atoms with Crippen LogP contribution in [-0.2, 0) is 0 Å². The third kappa shape index (κ3) is 2.41. The van der Waals surface area contributed by atoms with Crippen molar-refractivity contribution in [2.24, 2.45) is 0 Å². The number of fused-ring (bicyclic) bond motifs is 1. The Morgan fingerprint density at radius 2 is 1.75 bits per heavy atom. The highest BCUT2D eigenvalue weighted by atomic mass is 79.9. The Hall–Kier alpha value is -1.52. The van der Waals surface area contributed by atoms with E-state index in [-0.39, 0.29) is 5.78 Å². The second-order valence-corrected chi connectivity index (χ2v) is 6.13. The van der Waals surface area contributed by atoms with Gasteiger partial charge in [-0.3, -0.25) is 9.78 Å². The highest BCUT2D eigenvalue weighted by Crippen LogP contribution is 2.26. The summed E-state index contributed by atoms with van der Waals surface area (Å²) in [6.07, 6.45) is 3.39. The minimum absolute atomic E-state index is 0.0394. The van der Waals surface area contributed by atoms with E-state index in [1.165, 1.54) is 0 Å². The number of aromatic nitrogens is 1. The zero-order valence-corrected chi connectivity index (χ0v) is 13.5. The minimum Gasteiger partial charge on any atom is -0.288 e. The lowest BCUT2D eigenvalue weighted by atomic mass is 10.00. The van der Waals surface area contributed by atoms with Gasteiger partial charge < -0.3 is 0 Å². The highest BCUT2D eigenvalue weighted by Gasteiger charge is 2.16. The summed E-state index contributed by atoms with van der Waals surface area (Å²) in [5, 5.41) is 1.88. The van der Waals surface area contributed by atoms with Crippen LogP contribution in [0.3, 0.4) is 0 Å². The predicted molar refractivity (Wildman–Crippen MR) is 87.0 cm³/mol. The van der Waals surface area contributed by atoms with Crippen LogP contribution in [-0.4, -0.2) is 10.8 Å². The Labute approximate surface area is 133 Å². The molecule has 2 aromatic carbocycles. The smallest absolute Gasteiger partial charge is 0.196 e. The lowest BCUT2D eigenvalue weighted by molar-refractivity contribution is 0.103. The molecule has 1 heterocycles. The van der Waals surface area contributed by atoms with Gasteiger partial charge in [0.2, 0.25) is 0 Å². The number of rotatable bonds is 2. The molecule has 4 heteroatoms. The average Bonchev–Trinajstić information content (AvgIpc) is 2.48. The molecule has 98 valence electrons. The monoisotopic (exact) mass is 389 g/mol. The van der Waals surface area contributed by atoms with E-state index < -0.39 is 0 Å². The molecule has 0 aliphatic rings. The maximum atomic E-state index is 12.7. The number of benzene rings is 2. The van der Waals surface area contributed by atoms with Crippen LogP contribution in [0.15, 0.2) is 63.8 Å². The summed E-state index contributed by atoms with van der Waals surface area (Å²) in [5.41, 5.74) is 1.24. The van der Waals surface area contributed by atoms with Gasteiger partial charge in [0.1, 0.15) is 0 Å². The zero-order valence-electron chi connectivity index (χ0n) is 10.3. The van der Waals surface area contributed by atoms with E-state index in [9.17, 15) is 4.79 Å². The Kier molecular flexibility index (Phi) is 3.68. The van der Waals surface area contributed by atoms with Crippen LogP contribution in [0.2, 0.25) is 0 Å². The van der Waals surface area contributed by atoms with Gasteiger partial charge in [0.15, 0.2) is 5.78 Å². The lowest BCUT2D eigenvalue weighted by Gasteiger charge is -2.07. The van der Waals surface area contributed by atoms with Gasteiger partial charge in [-0.05, 0) is 23.6 Å². The summed E-state index contributed by atoms with van der Waals surface area (Å²) < 4.78 is 1.65. The molecule has 0 N–H and O–H groups in total. The fourth-order valence-electron chi connectivity index (χ4n) is 2.11. The molecule has 1 aromatic heterocycles.